The number of hydrogen-bond donors (Lipinski definition) is 1. The van der Waals surface area contributed by atoms with E-state index in [1.807, 2.05) is 0 Å². The van der Waals surface area contributed by atoms with Crippen LogP contribution < -0.4 is 10.6 Å². The summed E-state index contributed by atoms with van der Waals surface area (Å²) < 4.78 is 1.21. The largest absolute Gasteiger partial charge is 0.397 e. The zero-order chi connectivity index (χ0) is 11.7. The molecule has 1 saturated heterocycles. The van der Waals surface area contributed by atoms with E-state index in [-0.39, 0.29) is 0 Å². The molecule has 2 N–H and O–H groups in total. The van der Waals surface area contributed by atoms with Crippen LogP contribution in [0.4, 0.5) is 11.4 Å². The maximum Gasteiger partial charge on any atom is 0.0603 e. The van der Waals surface area contributed by atoms with Crippen LogP contribution in [-0.2, 0) is 0 Å². The molecule has 0 saturated carbocycles. The van der Waals surface area contributed by atoms with Gasteiger partial charge in [-0.2, -0.15) is 0 Å². The fourth-order valence-electron chi connectivity index (χ4n) is 2.57. The van der Waals surface area contributed by atoms with E-state index in [1.165, 1.54) is 22.1 Å². The van der Waals surface area contributed by atoms with E-state index in [0.717, 1.165) is 12.2 Å². The molecule has 0 aromatic heterocycles. The third-order valence-corrected chi connectivity index (χ3v) is 4.04. The molecule has 2 rings (SSSR count). The number of hydrogen-bond acceptors (Lipinski definition) is 2. The number of nitrogens with two attached hydrogens (primary N) is 1. The quantitative estimate of drug-likeness (QED) is 0.664. The molecule has 88 valence electrons. The normalized spacial score (nSPS) is 20.8. The van der Waals surface area contributed by atoms with Crippen molar-refractivity contribution in [3.8, 4) is 0 Å². The van der Waals surface area contributed by atoms with Crippen LogP contribution in [0.25, 0.3) is 0 Å². The Balaban J connectivity index is 2.29. The third kappa shape index (κ3) is 2.29. The van der Waals surface area contributed by atoms with Gasteiger partial charge in [0.2, 0.25) is 0 Å². The molecule has 0 amide bonds. The highest BCUT2D eigenvalue weighted by Crippen LogP contribution is 2.33. The predicted molar refractivity (Wildman–Crippen MR) is 78.8 cm³/mol. The van der Waals surface area contributed by atoms with Crippen LogP contribution in [0.1, 0.15) is 26.7 Å². The number of rotatable bonds is 2. The molecule has 0 aliphatic carbocycles. The Hall–Kier alpha value is -0.450. The van der Waals surface area contributed by atoms with Gasteiger partial charge in [-0.1, -0.05) is 13.8 Å². The first-order valence-electron chi connectivity index (χ1n) is 5.91. The molecule has 1 aromatic rings. The number of anilines is 2. The molecule has 3 heteroatoms. The van der Waals surface area contributed by atoms with Gasteiger partial charge in [0.15, 0.2) is 0 Å². The second-order valence-electron chi connectivity index (χ2n) is 4.85. The molecule has 0 spiro atoms. The lowest BCUT2D eigenvalue weighted by atomic mass is 10.0. The molecule has 2 nitrogen and oxygen atoms in total. The number of benzene rings is 1. The monoisotopic (exact) mass is 330 g/mol. The van der Waals surface area contributed by atoms with Gasteiger partial charge in [-0.3, -0.25) is 0 Å². The topological polar surface area (TPSA) is 29.3 Å². The van der Waals surface area contributed by atoms with Crippen LogP contribution in [0.3, 0.4) is 0 Å². The number of nitrogens with zero attached hydrogens (tertiary/aromatic N) is 1. The van der Waals surface area contributed by atoms with E-state index in [0.29, 0.717) is 12.0 Å². The summed E-state index contributed by atoms with van der Waals surface area (Å²) in [4.78, 5) is 2.48. The van der Waals surface area contributed by atoms with Crippen molar-refractivity contribution in [1.82, 2.24) is 0 Å². The minimum Gasteiger partial charge on any atom is -0.397 e. The van der Waals surface area contributed by atoms with E-state index in [4.69, 9.17) is 5.73 Å². The van der Waals surface area contributed by atoms with E-state index in [1.54, 1.807) is 0 Å². The Morgan fingerprint density at radius 1 is 1.44 bits per heavy atom. The van der Waals surface area contributed by atoms with Crippen LogP contribution in [-0.4, -0.2) is 12.6 Å². The fourth-order valence-corrected chi connectivity index (χ4v) is 3.09. The first kappa shape index (κ1) is 12.0. The van der Waals surface area contributed by atoms with Gasteiger partial charge in [-0.15, -0.1) is 0 Å². The minimum absolute atomic E-state index is 0.655. The summed E-state index contributed by atoms with van der Waals surface area (Å²) in [6, 6.07) is 7.02. The van der Waals surface area contributed by atoms with Crippen LogP contribution in [0.5, 0.6) is 0 Å². The van der Waals surface area contributed by atoms with Crippen molar-refractivity contribution in [3.05, 3.63) is 21.8 Å². The molecule has 1 aliphatic rings. The van der Waals surface area contributed by atoms with Gasteiger partial charge in [-0.05, 0) is 59.5 Å². The van der Waals surface area contributed by atoms with E-state index in [9.17, 15) is 0 Å². The van der Waals surface area contributed by atoms with Gasteiger partial charge < -0.3 is 10.6 Å². The molecule has 16 heavy (non-hydrogen) atoms. The Bertz CT molecular complexity index is 376. The van der Waals surface area contributed by atoms with E-state index >= 15 is 0 Å². The van der Waals surface area contributed by atoms with Crippen LogP contribution in [0, 0.1) is 9.49 Å². The molecule has 0 bridgehead atoms. The summed E-state index contributed by atoms with van der Waals surface area (Å²) in [6.07, 6.45) is 2.58. The van der Waals surface area contributed by atoms with Crippen molar-refractivity contribution in [1.29, 1.82) is 0 Å². The second-order valence-corrected chi connectivity index (χ2v) is 6.10. The van der Waals surface area contributed by atoms with Gasteiger partial charge in [0.1, 0.15) is 0 Å². The summed E-state index contributed by atoms with van der Waals surface area (Å²) in [5.41, 5.74) is 8.25. The van der Waals surface area contributed by atoms with Crippen LogP contribution in [0.15, 0.2) is 18.2 Å². The summed E-state index contributed by atoms with van der Waals surface area (Å²) in [5.74, 6) is 0.696. The number of halogens is 1. The third-order valence-electron chi connectivity index (χ3n) is 3.37. The lowest BCUT2D eigenvalue weighted by molar-refractivity contribution is 0.492. The number of nitrogen functional groups attached to an aromatic ring is 1. The maximum absolute atomic E-state index is 6.12. The summed E-state index contributed by atoms with van der Waals surface area (Å²) in [6.45, 7) is 5.74. The summed E-state index contributed by atoms with van der Waals surface area (Å²) in [7, 11) is 0. The lowest BCUT2D eigenvalue weighted by Crippen LogP contribution is -2.33. The van der Waals surface area contributed by atoms with Crippen molar-refractivity contribution in [3.63, 3.8) is 0 Å². The molecule has 1 aromatic carbocycles. The Morgan fingerprint density at radius 2 is 2.19 bits per heavy atom. The average Bonchev–Trinajstić information content (AvgIpc) is 2.66. The lowest BCUT2D eigenvalue weighted by Gasteiger charge is -2.30. The van der Waals surface area contributed by atoms with Gasteiger partial charge in [-0.25, -0.2) is 0 Å². The van der Waals surface area contributed by atoms with Crippen LogP contribution in [0.2, 0.25) is 0 Å². The van der Waals surface area contributed by atoms with E-state index in [2.05, 4.69) is 59.5 Å². The highest BCUT2D eigenvalue weighted by atomic mass is 127. The molecule has 1 aliphatic heterocycles. The van der Waals surface area contributed by atoms with Gasteiger partial charge in [0, 0.05) is 16.2 Å². The Labute approximate surface area is 111 Å². The van der Waals surface area contributed by atoms with Crippen molar-refractivity contribution in [2.75, 3.05) is 17.2 Å². The second kappa shape index (κ2) is 4.82. The average molecular weight is 330 g/mol. The molecule has 0 radical (unpaired) electrons. The zero-order valence-electron chi connectivity index (χ0n) is 9.91. The molecular formula is C13H19IN2. The standard InChI is InChI=1S/C13H19IN2/c1-9(2)12-4-3-7-16(12)13-6-5-10(14)8-11(13)15/h5-6,8-9,12H,3-4,7,15H2,1-2H3. The summed E-state index contributed by atoms with van der Waals surface area (Å²) in [5, 5.41) is 0. The molecule has 1 unspecified atom stereocenters. The minimum atomic E-state index is 0.655. The zero-order valence-corrected chi connectivity index (χ0v) is 12.1. The molecule has 1 atom stereocenters. The smallest absolute Gasteiger partial charge is 0.0603 e. The van der Waals surface area contributed by atoms with Crippen molar-refractivity contribution in [2.24, 2.45) is 5.92 Å². The van der Waals surface area contributed by atoms with Gasteiger partial charge in [0.05, 0.1) is 11.4 Å². The molecular weight excluding hydrogens is 311 g/mol. The molecule has 1 fully saturated rings. The first-order valence-corrected chi connectivity index (χ1v) is 6.99. The maximum atomic E-state index is 6.12. The molecule has 1 heterocycles. The fraction of sp³-hybridized carbons (Fsp3) is 0.538. The van der Waals surface area contributed by atoms with Crippen molar-refractivity contribution < 1.29 is 0 Å². The van der Waals surface area contributed by atoms with Crippen molar-refractivity contribution >= 4 is 34.0 Å². The highest BCUT2D eigenvalue weighted by Gasteiger charge is 2.28. The summed E-state index contributed by atoms with van der Waals surface area (Å²) >= 11 is 2.31. The van der Waals surface area contributed by atoms with Gasteiger partial charge >= 0.3 is 0 Å². The van der Waals surface area contributed by atoms with Crippen LogP contribution >= 0.6 is 22.6 Å². The van der Waals surface area contributed by atoms with Gasteiger partial charge in [0.25, 0.3) is 0 Å². The Morgan fingerprint density at radius 3 is 2.81 bits per heavy atom. The van der Waals surface area contributed by atoms with Crippen molar-refractivity contribution in [2.45, 2.75) is 32.7 Å². The Kier molecular flexibility index (Phi) is 3.62. The predicted octanol–water partition coefficient (Wildman–Crippen LogP) is 3.50. The van der Waals surface area contributed by atoms with E-state index < -0.39 is 0 Å². The highest BCUT2D eigenvalue weighted by molar-refractivity contribution is 14.1. The first-order chi connectivity index (χ1) is 7.59. The SMILES string of the molecule is CC(C)C1CCCN1c1ccc(I)cc1N.